The predicted octanol–water partition coefficient (Wildman–Crippen LogP) is 2.35. The number of carbonyl (C=O) groups excluding carboxylic acids is 1. The molecule has 1 unspecified atom stereocenters. The highest BCUT2D eigenvalue weighted by Crippen LogP contribution is 2.32. The lowest BCUT2D eigenvalue weighted by Gasteiger charge is -2.38. The van der Waals surface area contributed by atoms with Crippen molar-refractivity contribution in [1.29, 1.82) is 0 Å². The van der Waals surface area contributed by atoms with Crippen molar-refractivity contribution < 1.29 is 9.53 Å². The molecule has 7 nitrogen and oxygen atoms in total. The molecule has 0 radical (unpaired) electrons. The first kappa shape index (κ1) is 17.1. The number of H-pyrrole nitrogens is 1. The summed E-state index contributed by atoms with van der Waals surface area (Å²) in [6.45, 7) is 9.46. The van der Waals surface area contributed by atoms with Crippen molar-refractivity contribution in [1.82, 2.24) is 25.5 Å². The fourth-order valence-electron chi connectivity index (χ4n) is 3.15. The Balaban J connectivity index is 1.80. The van der Waals surface area contributed by atoms with Gasteiger partial charge >= 0.3 is 0 Å². The number of para-hydroxylation sites is 1. The number of tetrazole rings is 1. The van der Waals surface area contributed by atoms with E-state index >= 15 is 0 Å². The number of aromatic nitrogens is 4. The van der Waals surface area contributed by atoms with E-state index in [1.165, 1.54) is 0 Å². The van der Waals surface area contributed by atoms with Gasteiger partial charge in [-0.15, -0.1) is 10.2 Å². The topological polar surface area (TPSA) is 84.0 Å². The molecule has 0 saturated carbocycles. The minimum Gasteiger partial charge on any atom is -0.488 e. The molecule has 1 N–H and O–H groups in total. The van der Waals surface area contributed by atoms with Crippen LogP contribution in [0.15, 0.2) is 36.4 Å². The number of hydrogen-bond donors (Lipinski definition) is 1. The van der Waals surface area contributed by atoms with Crippen molar-refractivity contribution >= 4 is 5.91 Å². The fourth-order valence-corrected chi connectivity index (χ4v) is 3.15. The van der Waals surface area contributed by atoms with Crippen LogP contribution in [0, 0.1) is 0 Å². The van der Waals surface area contributed by atoms with E-state index in [0.29, 0.717) is 36.8 Å². The second kappa shape index (κ2) is 7.04. The van der Waals surface area contributed by atoms with E-state index < -0.39 is 0 Å². The Morgan fingerprint density at radius 1 is 1.44 bits per heavy atom. The molecule has 1 saturated heterocycles. The predicted molar refractivity (Wildman–Crippen MR) is 93.4 cm³/mol. The number of rotatable bonds is 5. The van der Waals surface area contributed by atoms with E-state index in [4.69, 9.17) is 4.74 Å². The number of piperidine rings is 1. The fraction of sp³-hybridized carbons (Fsp3) is 0.444. The lowest BCUT2D eigenvalue weighted by molar-refractivity contribution is 0.0640. The maximum Gasteiger partial charge on any atom is 0.257 e. The van der Waals surface area contributed by atoms with Gasteiger partial charge in [-0.1, -0.05) is 30.8 Å². The number of nitrogens with zero attached hydrogens (tertiary/aromatic N) is 4. The Morgan fingerprint density at radius 3 is 2.96 bits per heavy atom. The van der Waals surface area contributed by atoms with Crippen LogP contribution in [0.2, 0.25) is 0 Å². The van der Waals surface area contributed by atoms with Crippen molar-refractivity contribution in [3.05, 3.63) is 47.8 Å². The number of nitrogens with one attached hydrogen (secondary N) is 1. The largest absolute Gasteiger partial charge is 0.488 e. The molecule has 1 aliphatic rings. The molecule has 3 rings (SSSR count). The van der Waals surface area contributed by atoms with Gasteiger partial charge in [-0.25, -0.2) is 0 Å². The summed E-state index contributed by atoms with van der Waals surface area (Å²) in [4.78, 5) is 14.9. The first-order chi connectivity index (χ1) is 12.0. The second-order valence-electron chi connectivity index (χ2n) is 6.87. The average Bonchev–Trinajstić information content (AvgIpc) is 3.15. The normalized spacial score (nSPS) is 20.3. The van der Waals surface area contributed by atoms with Crippen LogP contribution in [-0.2, 0) is 5.41 Å². The zero-order valence-corrected chi connectivity index (χ0v) is 14.7. The molecule has 1 amide bonds. The van der Waals surface area contributed by atoms with Gasteiger partial charge in [0.1, 0.15) is 12.4 Å². The Labute approximate surface area is 147 Å². The van der Waals surface area contributed by atoms with Crippen molar-refractivity contribution in [3.8, 4) is 5.75 Å². The number of hydrogen-bond acceptors (Lipinski definition) is 5. The van der Waals surface area contributed by atoms with E-state index in [-0.39, 0.29) is 11.3 Å². The maximum absolute atomic E-state index is 13.1. The number of aromatic amines is 1. The van der Waals surface area contributed by atoms with Gasteiger partial charge in [0.25, 0.3) is 5.91 Å². The van der Waals surface area contributed by atoms with Gasteiger partial charge in [-0.05, 0) is 37.5 Å². The van der Waals surface area contributed by atoms with Gasteiger partial charge in [0.15, 0.2) is 5.82 Å². The van der Waals surface area contributed by atoms with Crippen LogP contribution >= 0.6 is 0 Å². The number of benzene rings is 1. The Kier molecular flexibility index (Phi) is 4.83. The monoisotopic (exact) mass is 341 g/mol. The standard InChI is InChI=1S/C18H23N5O2/c1-13(2)11-25-15-8-5-4-7-14(15)16(24)23-10-6-9-18(3,12-23)17-19-21-22-20-17/h4-5,7-8H,1,6,9-12H2,2-3H3,(H,19,20,21,22). The smallest absolute Gasteiger partial charge is 0.257 e. The lowest BCUT2D eigenvalue weighted by Crippen LogP contribution is -2.47. The molecular formula is C18H23N5O2. The molecule has 0 spiro atoms. The van der Waals surface area contributed by atoms with Gasteiger partial charge in [-0.2, -0.15) is 5.21 Å². The van der Waals surface area contributed by atoms with Crippen LogP contribution in [0.4, 0.5) is 0 Å². The average molecular weight is 341 g/mol. The van der Waals surface area contributed by atoms with Crippen LogP contribution in [-0.4, -0.2) is 51.1 Å². The minimum absolute atomic E-state index is 0.0354. The molecule has 25 heavy (non-hydrogen) atoms. The molecule has 2 aromatic rings. The molecule has 7 heteroatoms. The SMILES string of the molecule is C=C(C)COc1ccccc1C(=O)N1CCCC(C)(c2nn[nH]n2)C1. The summed E-state index contributed by atoms with van der Waals surface area (Å²) in [7, 11) is 0. The zero-order chi connectivity index (χ0) is 17.9. The van der Waals surface area contributed by atoms with Crippen LogP contribution < -0.4 is 4.74 Å². The third-order valence-corrected chi connectivity index (χ3v) is 4.46. The summed E-state index contributed by atoms with van der Waals surface area (Å²) in [5.41, 5.74) is 1.18. The quantitative estimate of drug-likeness (QED) is 0.844. The summed E-state index contributed by atoms with van der Waals surface area (Å²) in [5.74, 6) is 1.20. The third-order valence-electron chi connectivity index (χ3n) is 4.46. The van der Waals surface area contributed by atoms with Gasteiger partial charge in [0.05, 0.1) is 5.56 Å². The Morgan fingerprint density at radius 2 is 2.24 bits per heavy atom. The Bertz CT molecular complexity index is 759. The van der Waals surface area contributed by atoms with Gasteiger partial charge in [0, 0.05) is 18.5 Å². The van der Waals surface area contributed by atoms with E-state index in [1.54, 1.807) is 6.07 Å². The highest BCUT2D eigenvalue weighted by atomic mass is 16.5. The highest BCUT2D eigenvalue weighted by Gasteiger charge is 2.38. The second-order valence-corrected chi connectivity index (χ2v) is 6.87. The molecule has 1 aromatic carbocycles. The van der Waals surface area contributed by atoms with Crippen molar-refractivity contribution in [3.63, 3.8) is 0 Å². The number of carbonyl (C=O) groups is 1. The number of likely N-dealkylation sites (tertiary alicyclic amines) is 1. The first-order valence-corrected chi connectivity index (χ1v) is 8.39. The van der Waals surface area contributed by atoms with Crippen LogP contribution in [0.1, 0.15) is 42.9 Å². The zero-order valence-electron chi connectivity index (χ0n) is 14.7. The maximum atomic E-state index is 13.1. The van der Waals surface area contributed by atoms with Gasteiger partial charge < -0.3 is 9.64 Å². The molecule has 0 bridgehead atoms. The molecule has 1 atom stereocenters. The Hall–Kier alpha value is -2.70. The van der Waals surface area contributed by atoms with Crippen LogP contribution in [0.3, 0.4) is 0 Å². The van der Waals surface area contributed by atoms with Crippen molar-refractivity contribution in [2.75, 3.05) is 19.7 Å². The summed E-state index contributed by atoms with van der Waals surface area (Å²) >= 11 is 0. The van der Waals surface area contributed by atoms with E-state index in [2.05, 4.69) is 34.1 Å². The molecular weight excluding hydrogens is 318 g/mol. The highest BCUT2D eigenvalue weighted by molar-refractivity contribution is 5.97. The molecule has 0 aliphatic carbocycles. The van der Waals surface area contributed by atoms with E-state index in [0.717, 1.165) is 18.4 Å². The summed E-state index contributed by atoms with van der Waals surface area (Å²) < 4.78 is 5.75. The number of amides is 1. The van der Waals surface area contributed by atoms with Crippen molar-refractivity contribution in [2.45, 2.75) is 32.1 Å². The summed E-state index contributed by atoms with van der Waals surface area (Å²) in [6.07, 6.45) is 1.82. The van der Waals surface area contributed by atoms with E-state index in [9.17, 15) is 4.79 Å². The van der Waals surface area contributed by atoms with Gasteiger partial charge in [0.2, 0.25) is 0 Å². The molecule has 132 valence electrons. The van der Waals surface area contributed by atoms with Crippen LogP contribution in [0.5, 0.6) is 5.75 Å². The number of ether oxygens (including phenoxy) is 1. The molecule has 2 heterocycles. The summed E-state index contributed by atoms with van der Waals surface area (Å²) in [5, 5.41) is 14.4. The minimum atomic E-state index is -0.297. The molecule has 1 aliphatic heterocycles. The van der Waals surface area contributed by atoms with Crippen molar-refractivity contribution in [2.24, 2.45) is 0 Å². The summed E-state index contributed by atoms with van der Waals surface area (Å²) in [6, 6.07) is 7.34. The van der Waals surface area contributed by atoms with E-state index in [1.807, 2.05) is 30.0 Å². The molecule has 1 aromatic heterocycles. The molecule has 1 fully saturated rings. The third kappa shape index (κ3) is 3.70. The van der Waals surface area contributed by atoms with Gasteiger partial charge in [-0.3, -0.25) is 4.79 Å². The van der Waals surface area contributed by atoms with Crippen LogP contribution in [0.25, 0.3) is 0 Å². The lowest BCUT2D eigenvalue weighted by atomic mass is 9.81. The first-order valence-electron chi connectivity index (χ1n) is 8.39.